The Kier molecular flexibility index (Phi) is 7.57. The Balaban J connectivity index is 0.00000361. The molecule has 11 rings (SSSR count). The monoisotopic (exact) mass is 875 g/mol. The van der Waals surface area contributed by atoms with Gasteiger partial charge in [-0.2, -0.15) is 18.8 Å². The number of hydrogen-bond donors (Lipinski definition) is 0. The maximum Gasteiger partial charge on any atom is 0.137 e. The molecule has 6 nitrogen and oxygen atoms in total. The van der Waals surface area contributed by atoms with Crippen LogP contribution < -0.4 is 14.5 Å². The molecule has 0 unspecified atom stereocenters. The van der Waals surface area contributed by atoms with Crippen molar-refractivity contribution >= 4 is 71.4 Å². The van der Waals surface area contributed by atoms with Crippen LogP contribution in [0.1, 0.15) is 0 Å². The summed E-state index contributed by atoms with van der Waals surface area (Å²) in [5, 5.41) is 6.89. The van der Waals surface area contributed by atoms with Crippen molar-refractivity contribution in [3.63, 3.8) is 0 Å². The summed E-state index contributed by atoms with van der Waals surface area (Å²) in [6.07, 6.45) is 2.02. The zero-order chi connectivity index (χ0) is 35.0. The second-order valence-corrected chi connectivity index (χ2v) is 13.5. The quantitative estimate of drug-likeness (QED) is 0.162. The van der Waals surface area contributed by atoms with Gasteiger partial charge in [0.25, 0.3) is 0 Å². The Hall–Kier alpha value is -6.36. The third-order valence-electron chi connectivity index (χ3n) is 10.3. The van der Waals surface area contributed by atoms with Crippen LogP contribution in [-0.4, -0.2) is 21.2 Å². The van der Waals surface area contributed by atoms with E-state index in [1.54, 1.807) is 0 Å². The molecular formula is C47H30N5OPt-3. The van der Waals surface area contributed by atoms with Crippen LogP contribution in [-0.2, 0) is 21.1 Å². The molecule has 0 bridgehead atoms. The van der Waals surface area contributed by atoms with Crippen molar-refractivity contribution in [2.24, 2.45) is 0 Å². The average Bonchev–Trinajstić information content (AvgIpc) is 3.83. The molecule has 262 valence electrons. The van der Waals surface area contributed by atoms with Crippen molar-refractivity contribution in [1.82, 2.24) is 14.1 Å². The molecule has 0 N–H and O–H groups in total. The fraction of sp³-hybridized carbons (Fsp3) is 0.0213. The van der Waals surface area contributed by atoms with Gasteiger partial charge in [0.2, 0.25) is 0 Å². The largest absolute Gasteiger partial charge is 0.509 e. The Morgan fingerprint density at radius 1 is 0.556 bits per heavy atom. The first-order valence-electron chi connectivity index (χ1n) is 17.7. The number of ether oxygens (including phenoxy) is 1. The molecule has 10 aromatic rings. The van der Waals surface area contributed by atoms with Crippen LogP contribution in [0.4, 0.5) is 17.1 Å². The molecule has 7 heteroatoms. The van der Waals surface area contributed by atoms with Crippen molar-refractivity contribution in [3.05, 3.63) is 177 Å². The predicted octanol–water partition coefficient (Wildman–Crippen LogP) is 11.5. The van der Waals surface area contributed by atoms with Gasteiger partial charge in [0, 0.05) is 78.2 Å². The minimum atomic E-state index is 0. The number of para-hydroxylation sites is 4. The fourth-order valence-corrected chi connectivity index (χ4v) is 7.95. The van der Waals surface area contributed by atoms with Crippen LogP contribution >= 0.6 is 0 Å². The maximum absolute atomic E-state index is 6.51. The van der Waals surface area contributed by atoms with E-state index in [1.807, 2.05) is 30.5 Å². The van der Waals surface area contributed by atoms with Crippen LogP contribution in [0.15, 0.2) is 158 Å². The van der Waals surface area contributed by atoms with Gasteiger partial charge in [0.1, 0.15) is 5.82 Å². The fourth-order valence-electron chi connectivity index (χ4n) is 7.95. The van der Waals surface area contributed by atoms with E-state index in [0.717, 1.165) is 66.8 Å². The van der Waals surface area contributed by atoms with Crippen LogP contribution in [0.2, 0.25) is 0 Å². The first-order chi connectivity index (χ1) is 26.2. The molecule has 0 amide bonds. The molecule has 0 aliphatic carbocycles. The Labute approximate surface area is 326 Å². The molecular weight excluding hydrogens is 846 g/mol. The summed E-state index contributed by atoms with van der Waals surface area (Å²) in [5.41, 5.74) is 8.42. The molecule has 3 aromatic heterocycles. The smallest absolute Gasteiger partial charge is 0.137 e. The molecule has 1 aliphatic heterocycles. The van der Waals surface area contributed by atoms with Gasteiger partial charge in [-0.25, -0.2) is 4.98 Å². The summed E-state index contributed by atoms with van der Waals surface area (Å²) < 4.78 is 11.1. The minimum absolute atomic E-state index is 0. The summed E-state index contributed by atoms with van der Waals surface area (Å²) in [7, 11) is 2.05. The molecule has 54 heavy (non-hydrogen) atoms. The van der Waals surface area contributed by atoms with Crippen molar-refractivity contribution < 1.29 is 25.8 Å². The van der Waals surface area contributed by atoms with E-state index in [1.165, 1.54) is 16.2 Å². The second-order valence-electron chi connectivity index (χ2n) is 13.5. The van der Waals surface area contributed by atoms with Gasteiger partial charge >= 0.3 is 0 Å². The molecule has 0 atom stereocenters. The molecule has 0 radical (unpaired) electrons. The number of nitrogens with zero attached hydrogens (tertiary/aromatic N) is 5. The molecule has 1 aliphatic rings. The molecule has 0 saturated carbocycles. The van der Waals surface area contributed by atoms with Gasteiger partial charge in [-0.3, -0.25) is 0 Å². The SMILES string of the molecule is CN1[CH-]N(c2[c-]c(Oc3[c-]c4c(cc3)c3ccccc3n4-c3cc4c(cn3)c3cc5ccccc5cc3n4-c3ccccc3)ccc2)c2ccccc21.[Pt]. The number of aromatic nitrogens is 3. The van der Waals surface area contributed by atoms with E-state index in [0.29, 0.717) is 11.5 Å². The Morgan fingerprint density at radius 2 is 1.28 bits per heavy atom. The van der Waals surface area contributed by atoms with Gasteiger partial charge in [0.05, 0.1) is 11.0 Å². The van der Waals surface area contributed by atoms with Crippen LogP contribution in [0.3, 0.4) is 0 Å². The van der Waals surface area contributed by atoms with Crippen LogP contribution in [0, 0.1) is 18.8 Å². The van der Waals surface area contributed by atoms with Crippen molar-refractivity contribution in [3.8, 4) is 23.0 Å². The van der Waals surface area contributed by atoms with E-state index in [4.69, 9.17) is 9.72 Å². The molecule has 0 fully saturated rings. The van der Waals surface area contributed by atoms with Gasteiger partial charge in [0.15, 0.2) is 0 Å². The Morgan fingerprint density at radius 3 is 2.15 bits per heavy atom. The van der Waals surface area contributed by atoms with Crippen molar-refractivity contribution in [1.29, 1.82) is 0 Å². The third kappa shape index (κ3) is 5.02. The number of fused-ring (bicyclic) bond motifs is 8. The standard InChI is InChI=1S/C47H30N5O.Pt/c1-49-30-50(43-21-10-9-20-42(43)49)34-16-11-17-35(26-34)53-36-22-23-38-37-18-7-8-19-41(37)52(45(38)27-36)47-28-46-40(29-48-47)39-24-31-12-5-6-13-32(31)25-44(39)51(46)33-14-3-2-4-15-33;/h2-25,28-30H,1H3;/q-3;. The summed E-state index contributed by atoms with van der Waals surface area (Å²) in [6, 6.07) is 59.9. The molecule has 0 spiro atoms. The first kappa shape index (κ1) is 32.3. The second kappa shape index (κ2) is 12.6. The van der Waals surface area contributed by atoms with Gasteiger partial charge < -0.3 is 23.7 Å². The van der Waals surface area contributed by atoms with E-state index in [2.05, 4.69) is 172 Å². The molecule has 7 aromatic carbocycles. The zero-order valence-electron chi connectivity index (χ0n) is 29.0. The normalized spacial score (nSPS) is 12.6. The average molecular weight is 876 g/mol. The van der Waals surface area contributed by atoms with Crippen LogP contribution in [0.25, 0.3) is 65.9 Å². The predicted molar refractivity (Wildman–Crippen MR) is 216 cm³/mol. The van der Waals surface area contributed by atoms with E-state index in [9.17, 15) is 0 Å². The zero-order valence-corrected chi connectivity index (χ0v) is 31.3. The summed E-state index contributed by atoms with van der Waals surface area (Å²) >= 11 is 0. The van der Waals surface area contributed by atoms with Gasteiger partial charge in [-0.05, 0) is 65.7 Å². The van der Waals surface area contributed by atoms with Crippen molar-refractivity contribution in [2.45, 2.75) is 0 Å². The van der Waals surface area contributed by atoms with Gasteiger partial charge in [-0.1, -0.05) is 78.3 Å². The number of anilines is 3. The minimum Gasteiger partial charge on any atom is -0.509 e. The van der Waals surface area contributed by atoms with E-state index >= 15 is 0 Å². The first-order valence-corrected chi connectivity index (χ1v) is 17.7. The topological polar surface area (TPSA) is 38.5 Å². The summed E-state index contributed by atoms with van der Waals surface area (Å²) in [4.78, 5) is 9.40. The van der Waals surface area contributed by atoms with E-state index in [-0.39, 0.29) is 21.1 Å². The number of benzene rings is 7. The van der Waals surface area contributed by atoms with Gasteiger partial charge in [-0.15, -0.1) is 41.4 Å². The van der Waals surface area contributed by atoms with E-state index < -0.39 is 0 Å². The Bertz CT molecular complexity index is 3060. The number of hydrogen-bond acceptors (Lipinski definition) is 4. The van der Waals surface area contributed by atoms with Crippen molar-refractivity contribution in [2.75, 3.05) is 16.8 Å². The molecule has 0 saturated heterocycles. The van der Waals surface area contributed by atoms with Crippen LogP contribution in [0.5, 0.6) is 11.5 Å². The summed E-state index contributed by atoms with van der Waals surface area (Å²) in [6.45, 7) is 2.07. The number of pyridine rings is 1. The molecule has 4 heterocycles. The number of rotatable bonds is 5. The summed E-state index contributed by atoms with van der Waals surface area (Å²) in [5.74, 6) is 2.02. The third-order valence-corrected chi connectivity index (χ3v) is 10.3. The maximum atomic E-state index is 6.51.